The van der Waals surface area contributed by atoms with Crippen LogP contribution < -0.4 is 15.0 Å². The van der Waals surface area contributed by atoms with Crippen LogP contribution in [0.5, 0.6) is 5.75 Å². The standard InChI is InChI=1S/C15H14N4O3/c1-10-14(21)19(11-5-2-3-6-12(11)22-10)9-13(20)18-15-16-7-4-8-17-15/h2-8,10H,9H2,1H3,(H,16,17,18,20). The summed E-state index contributed by atoms with van der Waals surface area (Å²) in [5.41, 5.74) is 0.578. The molecule has 0 aliphatic carbocycles. The van der Waals surface area contributed by atoms with Crippen molar-refractivity contribution in [3.05, 3.63) is 42.7 Å². The highest BCUT2D eigenvalue weighted by Gasteiger charge is 2.32. The second-order valence-electron chi connectivity index (χ2n) is 4.77. The highest BCUT2D eigenvalue weighted by molar-refractivity contribution is 6.05. The highest BCUT2D eigenvalue weighted by atomic mass is 16.5. The van der Waals surface area contributed by atoms with E-state index in [1.165, 1.54) is 17.3 Å². The van der Waals surface area contributed by atoms with Crippen molar-refractivity contribution in [2.45, 2.75) is 13.0 Å². The molecule has 1 unspecified atom stereocenters. The summed E-state index contributed by atoms with van der Waals surface area (Å²) in [5.74, 6) is 0.152. The number of aromatic nitrogens is 2. The number of anilines is 2. The van der Waals surface area contributed by atoms with Crippen LogP contribution in [0.25, 0.3) is 0 Å². The van der Waals surface area contributed by atoms with Crippen molar-refractivity contribution in [2.75, 3.05) is 16.8 Å². The Morgan fingerprint density at radius 2 is 2.00 bits per heavy atom. The fraction of sp³-hybridized carbons (Fsp3) is 0.200. The van der Waals surface area contributed by atoms with E-state index in [4.69, 9.17) is 4.74 Å². The summed E-state index contributed by atoms with van der Waals surface area (Å²) in [5, 5.41) is 2.56. The molecule has 0 radical (unpaired) electrons. The van der Waals surface area contributed by atoms with Crippen molar-refractivity contribution in [3.63, 3.8) is 0 Å². The maximum absolute atomic E-state index is 12.3. The topological polar surface area (TPSA) is 84.4 Å². The molecule has 2 heterocycles. The van der Waals surface area contributed by atoms with E-state index in [0.29, 0.717) is 11.4 Å². The number of carbonyl (C=O) groups excluding carboxylic acids is 2. The molecule has 7 nitrogen and oxygen atoms in total. The van der Waals surface area contributed by atoms with Gasteiger partial charge in [-0.05, 0) is 25.1 Å². The first-order valence-corrected chi connectivity index (χ1v) is 6.79. The van der Waals surface area contributed by atoms with E-state index >= 15 is 0 Å². The number of amides is 2. The number of fused-ring (bicyclic) bond motifs is 1. The summed E-state index contributed by atoms with van der Waals surface area (Å²) in [6.07, 6.45) is 2.43. The summed E-state index contributed by atoms with van der Waals surface area (Å²) in [6, 6.07) is 8.77. The van der Waals surface area contributed by atoms with Crippen molar-refractivity contribution in [1.82, 2.24) is 9.97 Å². The summed E-state index contributed by atoms with van der Waals surface area (Å²) < 4.78 is 5.53. The van der Waals surface area contributed by atoms with Crippen LogP contribution in [0.4, 0.5) is 11.6 Å². The third-order valence-electron chi connectivity index (χ3n) is 3.19. The van der Waals surface area contributed by atoms with E-state index in [2.05, 4.69) is 15.3 Å². The monoisotopic (exact) mass is 298 g/mol. The number of nitrogens with one attached hydrogen (secondary N) is 1. The summed E-state index contributed by atoms with van der Waals surface area (Å²) in [6.45, 7) is 1.53. The zero-order chi connectivity index (χ0) is 15.5. The average molecular weight is 298 g/mol. The van der Waals surface area contributed by atoms with Gasteiger partial charge in [0.05, 0.1) is 5.69 Å². The normalized spacial score (nSPS) is 16.7. The van der Waals surface area contributed by atoms with Gasteiger partial charge in [0.1, 0.15) is 12.3 Å². The molecule has 1 aromatic heterocycles. The molecule has 1 aliphatic rings. The number of nitrogens with zero attached hydrogens (tertiary/aromatic N) is 3. The molecule has 7 heteroatoms. The van der Waals surface area contributed by atoms with Crippen LogP contribution in [0, 0.1) is 0 Å². The molecule has 3 rings (SSSR count). The van der Waals surface area contributed by atoms with Crippen LogP contribution >= 0.6 is 0 Å². The van der Waals surface area contributed by atoms with E-state index < -0.39 is 6.10 Å². The third kappa shape index (κ3) is 2.73. The van der Waals surface area contributed by atoms with E-state index in [1.54, 1.807) is 31.2 Å². The first kappa shape index (κ1) is 14.0. The Kier molecular flexibility index (Phi) is 3.69. The summed E-state index contributed by atoms with van der Waals surface area (Å²) in [4.78, 5) is 33.6. The largest absolute Gasteiger partial charge is 0.479 e. The minimum atomic E-state index is -0.629. The Morgan fingerprint density at radius 1 is 1.27 bits per heavy atom. The van der Waals surface area contributed by atoms with Crippen molar-refractivity contribution in [2.24, 2.45) is 0 Å². The van der Waals surface area contributed by atoms with Gasteiger partial charge >= 0.3 is 0 Å². The molecule has 0 bridgehead atoms. The number of hydrogen-bond acceptors (Lipinski definition) is 5. The van der Waals surface area contributed by atoms with Gasteiger partial charge in [-0.25, -0.2) is 9.97 Å². The van der Waals surface area contributed by atoms with Crippen LogP contribution in [-0.4, -0.2) is 34.4 Å². The van der Waals surface area contributed by atoms with Gasteiger partial charge in [-0.15, -0.1) is 0 Å². The van der Waals surface area contributed by atoms with Crippen LogP contribution in [0.2, 0.25) is 0 Å². The molecule has 22 heavy (non-hydrogen) atoms. The van der Waals surface area contributed by atoms with Crippen LogP contribution in [-0.2, 0) is 9.59 Å². The lowest BCUT2D eigenvalue weighted by atomic mass is 10.2. The molecule has 112 valence electrons. The zero-order valence-corrected chi connectivity index (χ0v) is 11.9. The van der Waals surface area contributed by atoms with Gasteiger partial charge in [0.2, 0.25) is 11.9 Å². The first-order valence-electron chi connectivity index (χ1n) is 6.79. The third-order valence-corrected chi connectivity index (χ3v) is 3.19. The van der Waals surface area contributed by atoms with Gasteiger partial charge in [0.25, 0.3) is 5.91 Å². The molecule has 2 amide bonds. The summed E-state index contributed by atoms with van der Waals surface area (Å²) >= 11 is 0. The minimum absolute atomic E-state index is 0.123. The molecule has 1 N–H and O–H groups in total. The average Bonchev–Trinajstić information content (AvgIpc) is 2.53. The SMILES string of the molecule is CC1Oc2ccccc2N(CC(=O)Nc2ncccn2)C1=O. The fourth-order valence-electron chi connectivity index (χ4n) is 2.19. The lowest BCUT2D eigenvalue weighted by molar-refractivity contribution is -0.127. The van der Waals surface area contributed by atoms with Gasteiger partial charge in [0.15, 0.2) is 6.10 Å². The Bertz CT molecular complexity index is 705. The van der Waals surface area contributed by atoms with E-state index in [1.807, 2.05) is 6.07 Å². The summed E-state index contributed by atoms with van der Waals surface area (Å²) in [7, 11) is 0. The fourth-order valence-corrected chi connectivity index (χ4v) is 2.19. The van der Waals surface area contributed by atoms with E-state index in [0.717, 1.165) is 0 Å². The number of rotatable bonds is 3. The Labute approximate surface area is 126 Å². The maximum atomic E-state index is 12.3. The molecule has 0 saturated heterocycles. The molecule has 2 aromatic rings. The van der Waals surface area contributed by atoms with E-state index in [9.17, 15) is 9.59 Å². The van der Waals surface area contributed by atoms with Gasteiger partial charge < -0.3 is 4.74 Å². The number of ether oxygens (including phenoxy) is 1. The predicted octanol–water partition coefficient (Wildman–Crippen LogP) is 1.23. The number of benzene rings is 1. The molecule has 1 atom stereocenters. The van der Waals surface area contributed by atoms with Crippen molar-refractivity contribution < 1.29 is 14.3 Å². The maximum Gasteiger partial charge on any atom is 0.268 e. The van der Waals surface area contributed by atoms with Gasteiger partial charge in [-0.2, -0.15) is 0 Å². The quantitative estimate of drug-likeness (QED) is 0.921. The molecule has 0 spiro atoms. The van der Waals surface area contributed by atoms with Crippen molar-refractivity contribution in [1.29, 1.82) is 0 Å². The lowest BCUT2D eigenvalue weighted by Gasteiger charge is -2.32. The molecule has 0 saturated carbocycles. The van der Waals surface area contributed by atoms with Crippen LogP contribution in [0.1, 0.15) is 6.92 Å². The highest BCUT2D eigenvalue weighted by Crippen LogP contribution is 2.33. The molecular weight excluding hydrogens is 284 g/mol. The van der Waals surface area contributed by atoms with Crippen LogP contribution in [0.15, 0.2) is 42.7 Å². The molecule has 1 aromatic carbocycles. The molecule has 1 aliphatic heterocycles. The Hall–Kier alpha value is -2.96. The van der Waals surface area contributed by atoms with Crippen LogP contribution in [0.3, 0.4) is 0 Å². The second kappa shape index (κ2) is 5.80. The van der Waals surface area contributed by atoms with E-state index in [-0.39, 0.29) is 24.3 Å². The number of hydrogen-bond donors (Lipinski definition) is 1. The Balaban J connectivity index is 1.79. The van der Waals surface area contributed by atoms with Gasteiger partial charge in [0, 0.05) is 12.4 Å². The molecular formula is C15H14N4O3. The zero-order valence-electron chi connectivity index (χ0n) is 11.9. The first-order chi connectivity index (χ1) is 10.6. The number of carbonyl (C=O) groups is 2. The lowest BCUT2D eigenvalue weighted by Crippen LogP contribution is -2.47. The number of para-hydroxylation sites is 2. The van der Waals surface area contributed by atoms with Gasteiger partial charge in [-0.1, -0.05) is 12.1 Å². The van der Waals surface area contributed by atoms with Gasteiger partial charge in [-0.3, -0.25) is 19.8 Å². The smallest absolute Gasteiger partial charge is 0.268 e. The van der Waals surface area contributed by atoms with Crippen molar-refractivity contribution >= 4 is 23.5 Å². The Morgan fingerprint density at radius 3 is 2.77 bits per heavy atom. The predicted molar refractivity (Wildman–Crippen MR) is 79.5 cm³/mol. The van der Waals surface area contributed by atoms with Crippen molar-refractivity contribution in [3.8, 4) is 5.75 Å². The molecule has 0 fully saturated rings. The second-order valence-corrected chi connectivity index (χ2v) is 4.77. The minimum Gasteiger partial charge on any atom is -0.479 e.